The van der Waals surface area contributed by atoms with E-state index in [-0.39, 0.29) is 17.1 Å². The van der Waals surface area contributed by atoms with Crippen molar-refractivity contribution in [2.75, 3.05) is 17.2 Å². The molecule has 3 rings (SSSR count). The van der Waals surface area contributed by atoms with E-state index in [9.17, 15) is 13.2 Å². The van der Waals surface area contributed by atoms with E-state index in [0.717, 1.165) is 0 Å². The molecule has 0 aliphatic rings. The largest absolute Gasteiger partial charge is 0.396 e. The summed E-state index contributed by atoms with van der Waals surface area (Å²) in [6.07, 6.45) is 0. The lowest BCUT2D eigenvalue weighted by atomic mass is 10.3. The highest BCUT2D eigenvalue weighted by molar-refractivity contribution is 7.80. The zero-order valence-electron chi connectivity index (χ0n) is 13.0. The third kappa shape index (κ3) is 3.01. The molecule has 0 bridgehead atoms. The van der Waals surface area contributed by atoms with Gasteiger partial charge in [-0.1, -0.05) is 36.4 Å². The van der Waals surface area contributed by atoms with Gasteiger partial charge in [0, 0.05) is 15.9 Å². The van der Waals surface area contributed by atoms with E-state index in [2.05, 4.69) is 0 Å². The van der Waals surface area contributed by atoms with Gasteiger partial charge in [-0.25, -0.2) is 13.2 Å². The smallest absolute Gasteiger partial charge is 0.146 e. The Labute approximate surface area is 144 Å². The molecule has 0 unspecified atom stereocenters. The van der Waals surface area contributed by atoms with Gasteiger partial charge in [-0.3, -0.25) is 0 Å². The molecule has 3 aromatic carbocycles. The van der Waals surface area contributed by atoms with E-state index in [0.29, 0.717) is 15.9 Å². The van der Waals surface area contributed by atoms with Gasteiger partial charge in [0.15, 0.2) is 0 Å². The maximum atomic E-state index is 14.0. The Hall–Kier alpha value is -2.72. The molecule has 7 heteroatoms. The molecule has 0 radical (unpaired) electrons. The maximum Gasteiger partial charge on any atom is 0.146 e. The van der Waals surface area contributed by atoms with E-state index in [4.69, 9.17) is 17.2 Å². The minimum atomic E-state index is -1.65. The predicted octanol–water partition coefficient (Wildman–Crippen LogP) is 2.61. The van der Waals surface area contributed by atoms with Crippen LogP contribution in [0.5, 0.6) is 0 Å². The van der Waals surface area contributed by atoms with Crippen molar-refractivity contribution in [2.24, 2.45) is 0 Å². The summed E-state index contributed by atoms with van der Waals surface area (Å²) >= 11 is 0. The first-order valence-corrected chi connectivity index (χ1v) is 8.68. The SMILES string of the molecule is Nc1c(F)cccc1P(c1cccc(F)c1N)c1cccc(F)c1N. The summed E-state index contributed by atoms with van der Waals surface area (Å²) in [5.41, 5.74) is 17.4. The number of benzene rings is 3. The van der Waals surface area contributed by atoms with Gasteiger partial charge in [0.25, 0.3) is 0 Å². The van der Waals surface area contributed by atoms with Crippen molar-refractivity contribution in [3.05, 3.63) is 72.0 Å². The molecule has 0 heterocycles. The van der Waals surface area contributed by atoms with Gasteiger partial charge in [-0.15, -0.1) is 0 Å². The number of nitrogen functional groups attached to an aromatic ring is 3. The molecule has 3 aromatic rings. The van der Waals surface area contributed by atoms with Crippen LogP contribution in [0.3, 0.4) is 0 Å². The molecule has 25 heavy (non-hydrogen) atoms. The van der Waals surface area contributed by atoms with Gasteiger partial charge in [0.2, 0.25) is 0 Å². The molecule has 0 aliphatic carbocycles. The summed E-state index contributed by atoms with van der Waals surface area (Å²) in [5.74, 6) is -1.85. The van der Waals surface area contributed by atoms with Gasteiger partial charge >= 0.3 is 0 Å². The molecular weight excluding hydrogens is 346 g/mol. The van der Waals surface area contributed by atoms with Crippen LogP contribution in [0.4, 0.5) is 30.2 Å². The van der Waals surface area contributed by atoms with Crippen LogP contribution < -0.4 is 33.1 Å². The van der Waals surface area contributed by atoms with E-state index in [1.165, 1.54) is 36.4 Å². The van der Waals surface area contributed by atoms with Crippen LogP contribution in [0.1, 0.15) is 0 Å². The minimum Gasteiger partial charge on any atom is -0.396 e. The molecule has 0 saturated heterocycles. The average molecular weight is 361 g/mol. The Kier molecular flexibility index (Phi) is 4.55. The Morgan fingerprint density at radius 2 is 0.800 bits per heavy atom. The first-order chi connectivity index (χ1) is 11.9. The Morgan fingerprint density at radius 3 is 1.08 bits per heavy atom. The molecule has 0 spiro atoms. The summed E-state index contributed by atoms with van der Waals surface area (Å²) in [4.78, 5) is 0. The molecule has 0 atom stereocenters. The van der Waals surface area contributed by atoms with Crippen LogP contribution in [0.15, 0.2) is 54.6 Å². The molecule has 0 amide bonds. The molecule has 0 aliphatic heterocycles. The lowest BCUT2D eigenvalue weighted by Crippen LogP contribution is -2.27. The molecular formula is C18H15F3N3P. The normalized spacial score (nSPS) is 11.0. The van der Waals surface area contributed by atoms with E-state index >= 15 is 0 Å². The van der Waals surface area contributed by atoms with Crippen molar-refractivity contribution in [1.29, 1.82) is 0 Å². The van der Waals surface area contributed by atoms with Crippen LogP contribution in [0, 0.1) is 17.5 Å². The Bertz CT molecular complexity index is 824. The van der Waals surface area contributed by atoms with Crippen molar-refractivity contribution in [1.82, 2.24) is 0 Å². The molecule has 0 saturated carbocycles. The second kappa shape index (κ2) is 6.65. The second-order valence-electron chi connectivity index (χ2n) is 5.35. The monoisotopic (exact) mass is 361 g/mol. The number of hydrogen-bond donors (Lipinski definition) is 3. The lowest BCUT2D eigenvalue weighted by Gasteiger charge is -2.24. The van der Waals surface area contributed by atoms with Crippen molar-refractivity contribution >= 4 is 40.9 Å². The van der Waals surface area contributed by atoms with Crippen molar-refractivity contribution in [2.45, 2.75) is 0 Å². The van der Waals surface area contributed by atoms with E-state index in [1.807, 2.05) is 0 Å². The Morgan fingerprint density at radius 1 is 0.520 bits per heavy atom. The third-order valence-corrected chi connectivity index (χ3v) is 6.43. The van der Waals surface area contributed by atoms with Gasteiger partial charge in [-0.2, -0.15) is 0 Å². The van der Waals surface area contributed by atoms with Crippen LogP contribution in [0.25, 0.3) is 0 Å². The second-order valence-corrected chi connectivity index (χ2v) is 7.47. The van der Waals surface area contributed by atoms with Crippen LogP contribution >= 0.6 is 7.92 Å². The molecule has 3 nitrogen and oxygen atoms in total. The number of rotatable bonds is 3. The number of nitrogens with two attached hydrogens (primary N) is 3. The molecule has 0 aromatic heterocycles. The first-order valence-electron chi connectivity index (χ1n) is 7.34. The number of para-hydroxylation sites is 3. The average Bonchev–Trinajstić information content (AvgIpc) is 2.59. The van der Waals surface area contributed by atoms with Gasteiger partial charge < -0.3 is 17.2 Å². The first kappa shape index (κ1) is 17.1. The van der Waals surface area contributed by atoms with Crippen molar-refractivity contribution in [3.63, 3.8) is 0 Å². The molecule has 0 fully saturated rings. The van der Waals surface area contributed by atoms with Gasteiger partial charge in [0.05, 0.1) is 17.1 Å². The quantitative estimate of drug-likeness (QED) is 0.496. The number of anilines is 3. The highest BCUT2D eigenvalue weighted by Gasteiger charge is 2.26. The van der Waals surface area contributed by atoms with Crippen molar-refractivity contribution < 1.29 is 13.2 Å². The van der Waals surface area contributed by atoms with Crippen LogP contribution in [0.2, 0.25) is 0 Å². The topological polar surface area (TPSA) is 78.1 Å². The fourth-order valence-electron chi connectivity index (χ4n) is 2.55. The third-order valence-electron chi connectivity index (χ3n) is 3.81. The lowest BCUT2D eigenvalue weighted by molar-refractivity contribution is 0.633. The highest BCUT2D eigenvalue weighted by Crippen LogP contribution is 2.40. The van der Waals surface area contributed by atoms with Crippen LogP contribution in [-0.2, 0) is 0 Å². The zero-order valence-corrected chi connectivity index (χ0v) is 13.9. The summed E-state index contributed by atoms with van der Waals surface area (Å²) in [6, 6.07) is 12.9. The minimum absolute atomic E-state index is 0.0964. The van der Waals surface area contributed by atoms with Gasteiger partial charge in [0.1, 0.15) is 17.5 Å². The fourth-order valence-corrected chi connectivity index (χ4v) is 5.08. The number of hydrogen-bond acceptors (Lipinski definition) is 3. The van der Waals surface area contributed by atoms with E-state index < -0.39 is 25.4 Å². The molecule has 128 valence electrons. The summed E-state index contributed by atoms with van der Waals surface area (Å²) in [7, 11) is -1.65. The van der Waals surface area contributed by atoms with Gasteiger partial charge in [-0.05, 0) is 26.1 Å². The standard InChI is InChI=1S/C18H15F3N3P/c19-10-4-1-7-13(16(10)22)25(14-8-2-5-11(20)17(14)23)15-9-3-6-12(21)18(15)24/h1-9H,22-24H2. The summed E-state index contributed by atoms with van der Waals surface area (Å²) in [6.45, 7) is 0. The zero-order chi connectivity index (χ0) is 18.1. The van der Waals surface area contributed by atoms with Crippen LogP contribution in [-0.4, -0.2) is 0 Å². The Balaban J connectivity index is 2.35. The molecule has 6 N–H and O–H groups in total. The van der Waals surface area contributed by atoms with Crippen molar-refractivity contribution in [3.8, 4) is 0 Å². The fraction of sp³-hybridized carbons (Fsp3) is 0. The summed E-state index contributed by atoms with van der Waals surface area (Å²) in [5, 5.41) is 1.18. The number of halogens is 3. The maximum absolute atomic E-state index is 14.0. The summed E-state index contributed by atoms with van der Waals surface area (Å²) < 4.78 is 42.0. The predicted molar refractivity (Wildman–Crippen MR) is 98.3 cm³/mol. The highest BCUT2D eigenvalue weighted by atomic mass is 31.1. The van der Waals surface area contributed by atoms with E-state index in [1.54, 1.807) is 18.2 Å².